The van der Waals surface area contributed by atoms with Crippen molar-refractivity contribution in [3.8, 4) is 0 Å². The molecule has 0 fully saturated rings. The molecule has 0 aliphatic rings. The van der Waals surface area contributed by atoms with Crippen molar-refractivity contribution in [1.29, 1.82) is 0 Å². The molecular weight excluding hydrogens is 130 g/mol. The summed E-state index contributed by atoms with van der Waals surface area (Å²) >= 11 is -6.38. The van der Waals surface area contributed by atoms with Crippen LogP contribution in [-0.2, 0) is 20.4 Å². The summed E-state index contributed by atoms with van der Waals surface area (Å²) in [6.45, 7) is 0. The second-order valence-corrected chi connectivity index (χ2v) is 3.51. The van der Waals surface area contributed by atoms with E-state index in [1.165, 1.54) is 0 Å². The van der Waals surface area contributed by atoms with Gasteiger partial charge in [-0.05, 0) is 0 Å². The Morgan fingerprint density at radius 3 is 1.33 bits per heavy atom. The Morgan fingerprint density at radius 1 is 1.33 bits per heavy atom. The molecule has 0 spiro atoms. The number of rotatable bonds is 0. The van der Waals surface area contributed by atoms with Crippen molar-refractivity contribution in [2.24, 2.45) is 4.72 Å². The van der Waals surface area contributed by atoms with Gasteiger partial charge in [-0.2, -0.15) is 0 Å². The van der Waals surface area contributed by atoms with Crippen LogP contribution in [0.15, 0.2) is 0 Å². The average Bonchev–Trinajstić information content (AvgIpc) is 0.650. The molecule has 0 unspecified atom stereocenters. The van der Waals surface area contributed by atoms with E-state index in [0.29, 0.717) is 0 Å². The summed E-state index contributed by atoms with van der Waals surface area (Å²) in [7, 11) is 0. The number of nitrogens with two attached hydrogens (primary N) is 1. The van der Waals surface area contributed by atoms with E-state index in [2.05, 4.69) is 4.72 Å². The summed E-state index contributed by atoms with van der Waals surface area (Å²) in [5, 5.41) is 0. The van der Waals surface area contributed by atoms with Gasteiger partial charge in [0.15, 0.2) is 0 Å². The first kappa shape index (κ1) is 6.01. The predicted octanol–water partition coefficient (Wildman–Crippen LogP) is -1.94. The third-order valence-electron chi connectivity index (χ3n) is 0. The van der Waals surface area contributed by atoms with E-state index in [1.54, 1.807) is 0 Å². The first-order valence-electron chi connectivity index (χ1n) is 0.934. The molecule has 39 valence electrons. The average molecular weight is 134 g/mol. The van der Waals surface area contributed by atoms with Crippen LogP contribution in [-0.4, -0.2) is 8.32 Å². The van der Waals surface area contributed by atoms with Crippen LogP contribution in [0.25, 0.3) is 0 Å². The van der Waals surface area contributed by atoms with Crippen molar-refractivity contribution in [3.63, 3.8) is 0 Å². The summed E-state index contributed by atoms with van der Waals surface area (Å²) in [6, 6.07) is 0. The Kier molecular flexibility index (Phi) is 0.807. The molecule has 0 heterocycles. The van der Waals surface area contributed by atoms with Gasteiger partial charge >= 0.3 is 33.4 Å². The molecule has 0 rings (SSSR count). The van der Waals surface area contributed by atoms with Crippen molar-refractivity contribution >= 4 is 0 Å². The first-order chi connectivity index (χ1) is 2.24. The molecule has 6 heteroatoms. The number of hydrogen-bond acceptors (Lipinski definition) is 2. The van der Waals surface area contributed by atoms with Gasteiger partial charge in [-0.25, -0.2) is 0 Å². The minimum absolute atomic E-state index is 3.76. The van der Waals surface area contributed by atoms with Gasteiger partial charge in [0.2, 0.25) is 0 Å². The molecule has 0 saturated heterocycles. The third kappa shape index (κ3) is 234000. The summed E-state index contributed by atoms with van der Waals surface area (Å²) in [5.74, 6) is 0. The van der Waals surface area contributed by atoms with E-state index >= 15 is 0 Å². The van der Waals surface area contributed by atoms with Gasteiger partial charge in [0.25, 0.3) is 0 Å². The van der Waals surface area contributed by atoms with Gasteiger partial charge < -0.3 is 0 Å². The Morgan fingerprint density at radius 2 is 1.33 bits per heavy atom. The van der Waals surface area contributed by atoms with Crippen LogP contribution in [0.2, 0.25) is 0 Å². The number of hydrogen-bond donors (Lipinski definition) is 3. The molecule has 0 radical (unpaired) electrons. The van der Waals surface area contributed by atoms with Gasteiger partial charge in [-0.15, -0.1) is 0 Å². The fourth-order valence-corrected chi connectivity index (χ4v) is 0. The van der Waals surface area contributed by atoms with Crippen molar-refractivity contribution in [2.75, 3.05) is 0 Å². The first-order valence-corrected chi connectivity index (χ1v) is 3.85. The van der Waals surface area contributed by atoms with E-state index < -0.39 is 12.8 Å². The van der Waals surface area contributed by atoms with E-state index in [4.69, 9.17) is 8.32 Å². The maximum absolute atomic E-state index is 9.18. The SMILES string of the molecule is [NH2][Cr](=[O])(=[O])([OH])[OH]. The van der Waals surface area contributed by atoms with E-state index in [1.807, 2.05) is 0 Å². The van der Waals surface area contributed by atoms with Crippen LogP contribution in [0.3, 0.4) is 0 Å². The summed E-state index contributed by atoms with van der Waals surface area (Å²) < 4.78 is 36.9. The molecule has 0 aliphatic carbocycles. The van der Waals surface area contributed by atoms with Gasteiger partial charge in [0, 0.05) is 0 Å². The molecular formula is H4CrNO4. The fraction of sp³-hybridized carbons (Fsp3) is 0. The van der Waals surface area contributed by atoms with Gasteiger partial charge in [0.1, 0.15) is 0 Å². The topological polar surface area (TPSA) is 101 Å². The molecule has 0 aromatic carbocycles. The monoisotopic (exact) mass is 134 g/mol. The van der Waals surface area contributed by atoms with Crippen molar-refractivity contribution < 1.29 is 28.7 Å². The molecule has 6 heavy (non-hydrogen) atoms. The Balaban J connectivity index is 4.69. The molecule has 0 amide bonds. The molecule has 0 atom stereocenters. The summed E-state index contributed by atoms with van der Waals surface area (Å²) in [4.78, 5) is 0. The summed E-state index contributed by atoms with van der Waals surface area (Å²) in [5.41, 5.74) is 0. The quantitative estimate of drug-likeness (QED) is 0.357. The molecule has 5 nitrogen and oxygen atoms in total. The minimum atomic E-state index is -6.38. The fourth-order valence-electron chi connectivity index (χ4n) is 0. The summed E-state index contributed by atoms with van der Waals surface area (Å²) in [6.07, 6.45) is 0. The second-order valence-electron chi connectivity index (χ2n) is 0.851. The molecule has 0 saturated carbocycles. The van der Waals surface area contributed by atoms with Crippen molar-refractivity contribution in [3.05, 3.63) is 0 Å². The van der Waals surface area contributed by atoms with Crippen LogP contribution >= 0.6 is 0 Å². The van der Waals surface area contributed by atoms with Crippen LogP contribution < -0.4 is 4.72 Å². The van der Waals surface area contributed by atoms with E-state index in [-0.39, 0.29) is 0 Å². The van der Waals surface area contributed by atoms with Crippen molar-refractivity contribution in [2.45, 2.75) is 0 Å². The van der Waals surface area contributed by atoms with Gasteiger partial charge in [-0.3, -0.25) is 0 Å². The molecule has 0 aromatic rings. The van der Waals surface area contributed by atoms with Crippen LogP contribution in [0, 0.1) is 0 Å². The Labute approximate surface area is 34.3 Å². The zero-order chi connectivity index (χ0) is 5.45. The standard InChI is InChI=1S/Cr.H2N.2H2O.2O/h;3*1H2;;/q+3;-1;;;;/p-2. The Bertz CT molecular complexity index is 134. The van der Waals surface area contributed by atoms with Gasteiger partial charge in [-0.1, -0.05) is 0 Å². The second kappa shape index (κ2) is 0.805. The zero-order valence-electron chi connectivity index (χ0n) is 2.70. The zero-order valence-corrected chi connectivity index (χ0v) is 3.97. The molecule has 4 N–H and O–H groups in total. The maximum atomic E-state index is 9.18. The van der Waals surface area contributed by atoms with Gasteiger partial charge in [0.05, 0.1) is 0 Å². The van der Waals surface area contributed by atoms with E-state index in [0.717, 1.165) is 0 Å². The van der Waals surface area contributed by atoms with Crippen LogP contribution in [0.5, 0.6) is 0 Å². The van der Waals surface area contributed by atoms with E-state index in [9.17, 15) is 7.61 Å². The molecule has 0 aliphatic heterocycles. The van der Waals surface area contributed by atoms with Crippen LogP contribution in [0.4, 0.5) is 0 Å². The molecule has 0 aromatic heterocycles. The normalized spacial score (nSPS) is 18.8. The van der Waals surface area contributed by atoms with Crippen LogP contribution in [0.1, 0.15) is 0 Å². The predicted molar refractivity (Wildman–Crippen MR) is 10.00 cm³/mol. The van der Waals surface area contributed by atoms with Crippen molar-refractivity contribution in [1.82, 2.24) is 0 Å². The Hall–Kier alpha value is 0.0125. The third-order valence-corrected chi connectivity index (χ3v) is 0. The molecule has 0 bridgehead atoms.